The van der Waals surface area contributed by atoms with Crippen LogP contribution in [-0.2, 0) is 11.3 Å². The van der Waals surface area contributed by atoms with E-state index in [0.717, 1.165) is 10.9 Å². The average Bonchev–Trinajstić information content (AvgIpc) is 2.46. The van der Waals surface area contributed by atoms with E-state index in [4.69, 9.17) is 10.5 Å². The van der Waals surface area contributed by atoms with Gasteiger partial charge in [-0.1, -0.05) is 47.3 Å². The van der Waals surface area contributed by atoms with Gasteiger partial charge in [-0.3, -0.25) is 0 Å². The molecule has 2 atom stereocenters. The van der Waals surface area contributed by atoms with Crippen LogP contribution in [0.1, 0.15) is 44.1 Å². The lowest BCUT2D eigenvalue weighted by atomic mass is 9.55. The third-order valence-corrected chi connectivity index (χ3v) is 5.53. The van der Waals surface area contributed by atoms with Gasteiger partial charge in [-0.2, -0.15) is 0 Å². The molecule has 0 saturated heterocycles. The summed E-state index contributed by atoms with van der Waals surface area (Å²) in [6.07, 6.45) is 7.96. The van der Waals surface area contributed by atoms with Crippen molar-refractivity contribution < 1.29 is 4.74 Å². The van der Waals surface area contributed by atoms with Gasteiger partial charge in [0.05, 0.1) is 12.7 Å². The van der Waals surface area contributed by atoms with Gasteiger partial charge in [0.15, 0.2) is 0 Å². The second-order valence-corrected chi connectivity index (χ2v) is 6.98. The minimum Gasteiger partial charge on any atom is -0.373 e. The maximum absolute atomic E-state index is 6.28. The Morgan fingerprint density at radius 3 is 2.47 bits per heavy atom. The van der Waals surface area contributed by atoms with Gasteiger partial charge >= 0.3 is 0 Å². The highest BCUT2D eigenvalue weighted by atomic mass is 79.9. The summed E-state index contributed by atoms with van der Waals surface area (Å²) in [7, 11) is 0. The van der Waals surface area contributed by atoms with Gasteiger partial charge in [0, 0.05) is 15.9 Å². The van der Waals surface area contributed by atoms with Crippen molar-refractivity contribution >= 4 is 15.9 Å². The van der Waals surface area contributed by atoms with Crippen molar-refractivity contribution in [2.24, 2.45) is 11.1 Å². The van der Waals surface area contributed by atoms with Crippen LogP contribution in [0.4, 0.5) is 0 Å². The Morgan fingerprint density at radius 2 is 1.84 bits per heavy atom. The van der Waals surface area contributed by atoms with Crippen molar-refractivity contribution in [1.29, 1.82) is 0 Å². The third kappa shape index (κ3) is 2.61. The van der Waals surface area contributed by atoms with E-state index in [9.17, 15) is 0 Å². The summed E-state index contributed by atoms with van der Waals surface area (Å²) >= 11 is 3.46. The van der Waals surface area contributed by atoms with Crippen molar-refractivity contribution in [2.45, 2.75) is 57.3 Å². The number of rotatable bonds is 3. The van der Waals surface area contributed by atoms with Crippen LogP contribution in [0, 0.1) is 5.41 Å². The maximum atomic E-state index is 6.28. The second kappa shape index (κ2) is 5.55. The molecule has 104 valence electrons. The Hall–Kier alpha value is -0.380. The molecule has 2 nitrogen and oxygen atoms in total. The van der Waals surface area contributed by atoms with Crippen LogP contribution in [-0.4, -0.2) is 12.1 Å². The smallest absolute Gasteiger partial charge is 0.0720 e. The SMILES string of the molecule is NC1CC(OCc2ccc(Br)cc2)C12CCCCC2. The molecule has 0 amide bonds. The molecule has 2 aliphatic carbocycles. The Labute approximate surface area is 123 Å². The fourth-order valence-corrected chi connectivity index (χ4v) is 3.96. The molecule has 1 aromatic rings. The van der Waals surface area contributed by atoms with Crippen molar-refractivity contribution in [3.05, 3.63) is 34.3 Å². The van der Waals surface area contributed by atoms with Crippen LogP contribution < -0.4 is 5.73 Å². The summed E-state index contributed by atoms with van der Waals surface area (Å²) in [5.41, 5.74) is 7.83. The molecule has 0 heterocycles. The molecule has 19 heavy (non-hydrogen) atoms. The molecular weight excluding hydrogens is 302 g/mol. The van der Waals surface area contributed by atoms with Gasteiger partial charge in [0.2, 0.25) is 0 Å². The molecule has 3 rings (SSSR count). The maximum Gasteiger partial charge on any atom is 0.0720 e. The fraction of sp³-hybridized carbons (Fsp3) is 0.625. The number of halogens is 1. The number of benzene rings is 1. The normalized spacial score (nSPS) is 29.2. The van der Waals surface area contributed by atoms with Crippen LogP contribution in [0.2, 0.25) is 0 Å². The number of hydrogen-bond donors (Lipinski definition) is 1. The topological polar surface area (TPSA) is 35.2 Å². The van der Waals surface area contributed by atoms with Crippen molar-refractivity contribution in [3.8, 4) is 0 Å². The molecule has 3 heteroatoms. The quantitative estimate of drug-likeness (QED) is 0.911. The highest BCUT2D eigenvalue weighted by Gasteiger charge is 2.53. The first kappa shape index (κ1) is 13.6. The molecule has 0 aromatic heterocycles. The van der Waals surface area contributed by atoms with Gasteiger partial charge in [-0.15, -0.1) is 0 Å². The predicted octanol–water partition coefficient (Wildman–Crippen LogP) is 4.02. The van der Waals surface area contributed by atoms with E-state index in [1.165, 1.54) is 37.7 Å². The zero-order chi connectivity index (χ0) is 13.3. The van der Waals surface area contributed by atoms with Gasteiger partial charge in [-0.05, 0) is 37.0 Å². The van der Waals surface area contributed by atoms with E-state index in [1.807, 2.05) is 0 Å². The van der Waals surface area contributed by atoms with Gasteiger partial charge in [0.1, 0.15) is 0 Å². The Bertz CT molecular complexity index is 425. The van der Waals surface area contributed by atoms with Gasteiger partial charge in [0.25, 0.3) is 0 Å². The van der Waals surface area contributed by atoms with E-state index < -0.39 is 0 Å². The summed E-state index contributed by atoms with van der Waals surface area (Å²) in [4.78, 5) is 0. The zero-order valence-electron chi connectivity index (χ0n) is 11.3. The summed E-state index contributed by atoms with van der Waals surface area (Å²) in [6, 6.07) is 8.75. The van der Waals surface area contributed by atoms with E-state index in [0.29, 0.717) is 24.2 Å². The molecule has 2 fully saturated rings. The van der Waals surface area contributed by atoms with E-state index in [1.54, 1.807) is 0 Å². The molecule has 0 radical (unpaired) electrons. The van der Waals surface area contributed by atoms with Crippen LogP contribution in [0.25, 0.3) is 0 Å². The first-order valence-electron chi connectivity index (χ1n) is 7.32. The predicted molar refractivity (Wildman–Crippen MR) is 80.8 cm³/mol. The summed E-state index contributed by atoms with van der Waals surface area (Å²) in [5, 5.41) is 0. The van der Waals surface area contributed by atoms with Crippen LogP contribution in [0.15, 0.2) is 28.7 Å². The highest BCUT2D eigenvalue weighted by Crippen LogP contribution is 2.52. The minimum absolute atomic E-state index is 0.299. The Morgan fingerprint density at radius 1 is 1.16 bits per heavy atom. The minimum atomic E-state index is 0.299. The lowest BCUT2D eigenvalue weighted by Crippen LogP contribution is -2.62. The molecule has 0 aliphatic heterocycles. The molecular formula is C16H22BrNO. The summed E-state index contributed by atoms with van der Waals surface area (Å²) in [6.45, 7) is 0.715. The molecule has 1 aromatic carbocycles. The lowest BCUT2D eigenvalue weighted by Gasteiger charge is -2.56. The van der Waals surface area contributed by atoms with Gasteiger partial charge in [-0.25, -0.2) is 0 Å². The molecule has 2 unspecified atom stereocenters. The zero-order valence-corrected chi connectivity index (χ0v) is 12.9. The average molecular weight is 324 g/mol. The molecule has 0 bridgehead atoms. The third-order valence-electron chi connectivity index (χ3n) is 5.00. The standard InChI is InChI=1S/C16H22BrNO/c17-13-6-4-12(5-7-13)11-19-15-10-14(18)16(15)8-2-1-3-9-16/h4-7,14-15H,1-3,8-11,18H2. The summed E-state index contributed by atoms with van der Waals surface area (Å²) in [5.74, 6) is 0. The van der Waals surface area contributed by atoms with Crippen molar-refractivity contribution in [3.63, 3.8) is 0 Å². The fourth-order valence-electron chi connectivity index (χ4n) is 3.69. The first-order chi connectivity index (χ1) is 9.21. The number of ether oxygens (including phenoxy) is 1. The molecule has 2 saturated carbocycles. The molecule has 2 aliphatic rings. The first-order valence-corrected chi connectivity index (χ1v) is 8.12. The van der Waals surface area contributed by atoms with Crippen molar-refractivity contribution in [1.82, 2.24) is 0 Å². The largest absolute Gasteiger partial charge is 0.373 e. The number of hydrogen-bond acceptors (Lipinski definition) is 2. The Balaban J connectivity index is 1.59. The summed E-state index contributed by atoms with van der Waals surface area (Å²) < 4.78 is 7.29. The van der Waals surface area contributed by atoms with Crippen LogP contribution in [0.3, 0.4) is 0 Å². The second-order valence-electron chi connectivity index (χ2n) is 6.06. The van der Waals surface area contributed by atoms with E-state index in [2.05, 4.69) is 40.2 Å². The van der Waals surface area contributed by atoms with Crippen molar-refractivity contribution in [2.75, 3.05) is 0 Å². The van der Waals surface area contributed by atoms with Crippen LogP contribution >= 0.6 is 15.9 Å². The monoisotopic (exact) mass is 323 g/mol. The van der Waals surface area contributed by atoms with E-state index in [-0.39, 0.29) is 0 Å². The Kier molecular flexibility index (Phi) is 3.97. The van der Waals surface area contributed by atoms with Crippen LogP contribution in [0.5, 0.6) is 0 Å². The molecule has 1 spiro atoms. The van der Waals surface area contributed by atoms with E-state index >= 15 is 0 Å². The molecule has 2 N–H and O–H groups in total. The highest BCUT2D eigenvalue weighted by molar-refractivity contribution is 9.10. The lowest BCUT2D eigenvalue weighted by molar-refractivity contribution is -0.149. The van der Waals surface area contributed by atoms with Gasteiger partial charge < -0.3 is 10.5 Å². The number of nitrogens with two attached hydrogens (primary N) is 1.